The van der Waals surface area contributed by atoms with E-state index >= 15 is 0 Å². The maximum Gasteiger partial charge on any atom is 0.243 e. The van der Waals surface area contributed by atoms with Gasteiger partial charge in [-0.15, -0.1) is 0 Å². The average molecular weight is 435 g/mol. The molecule has 154 valence electrons. The number of carbonyl (C=O) groups is 2. The maximum absolute atomic E-state index is 13.2. The van der Waals surface area contributed by atoms with Crippen LogP contribution in [0.3, 0.4) is 0 Å². The minimum absolute atomic E-state index is 0.0700. The second-order valence-electron chi connectivity index (χ2n) is 7.16. The van der Waals surface area contributed by atoms with E-state index in [0.29, 0.717) is 29.1 Å². The van der Waals surface area contributed by atoms with Gasteiger partial charge in [0, 0.05) is 22.8 Å². The van der Waals surface area contributed by atoms with Gasteiger partial charge in [0.25, 0.3) is 0 Å². The first-order chi connectivity index (χ1) is 13.7. The monoisotopic (exact) mass is 434 g/mol. The van der Waals surface area contributed by atoms with Crippen LogP contribution in [-0.4, -0.2) is 37.0 Å². The summed E-state index contributed by atoms with van der Waals surface area (Å²) < 4.78 is 27.6. The number of nitrogens with one attached hydrogen (secondary N) is 1. The molecule has 1 N–H and O–H groups in total. The number of Topliss-reactive ketones (excluding diaryl/α,β-unsaturated/α-hetero) is 1. The van der Waals surface area contributed by atoms with E-state index in [2.05, 4.69) is 5.32 Å². The minimum atomic E-state index is -3.87. The second kappa shape index (κ2) is 8.65. The van der Waals surface area contributed by atoms with Gasteiger partial charge in [-0.25, -0.2) is 8.42 Å². The van der Waals surface area contributed by atoms with Gasteiger partial charge in [-0.3, -0.25) is 9.59 Å². The zero-order valence-electron chi connectivity index (χ0n) is 16.3. The molecule has 1 heterocycles. The van der Waals surface area contributed by atoms with Crippen LogP contribution in [0.25, 0.3) is 0 Å². The van der Waals surface area contributed by atoms with Crippen molar-refractivity contribution in [1.29, 1.82) is 0 Å². The highest BCUT2D eigenvalue weighted by Crippen LogP contribution is 2.27. The van der Waals surface area contributed by atoms with Gasteiger partial charge in [0.1, 0.15) is 6.04 Å². The lowest BCUT2D eigenvalue weighted by atomic mass is 10.0. The molecule has 6 nitrogen and oxygen atoms in total. The zero-order valence-corrected chi connectivity index (χ0v) is 17.9. The van der Waals surface area contributed by atoms with Gasteiger partial charge in [0.2, 0.25) is 15.9 Å². The molecule has 0 saturated carbocycles. The first-order valence-corrected chi connectivity index (χ1v) is 11.2. The molecule has 29 heavy (non-hydrogen) atoms. The molecule has 1 fully saturated rings. The highest BCUT2D eigenvalue weighted by Gasteiger charge is 2.37. The number of sulfonamides is 1. The number of hydrogen-bond donors (Lipinski definition) is 1. The van der Waals surface area contributed by atoms with Crippen molar-refractivity contribution in [3.8, 4) is 0 Å². The average Bonchev–Trinajstić information content (AvgIpc) is 2.70. The predicted octanol–water partition coefficient (Wildman–Crippen LogP) is 4.03. The van der Waals surface area contributed by atoms with E-state index in [4.69, 9.17) is 11.6 Å². The van der Waals surface area contributed by atoms with Crippen LogP contribution >= 0.6 is 11.6 Å². The smallest absolute Gasteiger partial charge is 0.243 e. The fraction of sp³-hybridized carbons (Fsp3) is 0.333. The number of carbonyl (C=O) groups excluding carboxylic acids is 2. The van der Waals surface area contributed by atoms with Crippen LogP contribution in [0.15, 0.2) is 47.4 Å². The van der Waals surface area contributed by atoms with Crippen molar-refractivity contribution in [3.05, 3.63) is 58.6 Å². The van der Waals surface area contributed by atoms with E-state index in [1.807, 2.05) is 6.92 Å². The topological polar surface area (TPSA) is 83.6 Å². The molecule has 2 aromatic carbocycles. The number of nitrogens with zero attached hydrogens (tertiary/aromatic N) is 1. The molecule has 1 unspecified atom stereocenters. The number of ketones is 1. The van der Waals surface area contributed by atoms with E-state index < -0.39 is 16.1 Å². The predicted molar refractivity (Wildman–Crippen MR) is 113 cm³/mol. The second-order valence-corrected chi connectivity index (χ2v) is 9.46. The van der Waals surface area contributed by atoms with Gasteiger partial charge in [-0.05, 0) is 56.5 Å². The van der Waals surface area contributed by atoms with Gasteiger partial charge < -0.3 is 5.32 Å². The summed E-state index contributed by atoms with van der Waals surface area (Å²) in [6, 6.07) is 10.2. The molecule has 2 aromatic rings. The number of anilines is 1. The number of amides is 1. The van der Waals surface area contributed by atoms with Crippen molar-refractivity contribution in [3.63, 3.8) is 0 Å². The van der Waals surface area contributed by atoms with Crippen molar-refractivity contribution >= 4 is 39.0 Å². The Balaban J connectivity index is 1.85. The third-order valence-electron chi connectivity index (χ3n) is 5.06. The molecule has 3 rings (SSSR count). The fourth-order valence-electron chi connectivity index (χ4n) is 3.35. The summed E-state index contributed by atoms with van der Waals surface area (Å²) in [7, 11) is -3.87. The minimum Gasteiger partial charge on any atom is -0.325 e. The third-order valence-corrected chi connectivity index (χ3v) is 7.39. The third kappa shape index (κ3) is 4.69. The van der Waals surface area contributed by atoms with Gasteiger partial charge in [-0.2, -0.15) is 4.31 Å². The summed E-state index contributed by atoms with van der Waals surface area (Å²) in [4.78, 5) is 24.4. The van der Waals surface area contributed by atoms with Crippen LogP contribution in [0.5, 0.6) is 0 Å². The molecular formula is C21H23ClN2O4S. The summed E-state index contributed by atoms with van der Waals surface area (Å²) in [6.45, 7) is 3.55. The Bertz CT molecular complexity index is 1040. The Morgan fingerprint density at radius 2 is 1.79 bits per heavy atom. The van der Waals surface area contributed by atoms with Crippen LogP contribution in [0.2, 0.25) is 5.02 Å². The number of halogens is 1. The van der Waals surface area contributed by atoms with Crippen LogP contribution in [0, 0.1) is 6.92 Å². The first-order valence-electron chi connectivity index (χ1n) is 9.40. The Morgan fingerprint density at radius 1 is 1.10 bits per heavy atom. The van der Waals surface area contributed by atoms with Crippen LogP contribution in [0.4, 0.5) is 5.69 Å². The molecule has 0 bridgehead atoms. The van der Waals surface area contributed by atoms with E-state index in [1.54, 1.807) is 18.2 Å². The normalized spacial score (nSPS) is 17.7. The summed E-state index contributed by atoms with van der Waals surface area (Å²) in [5.74, 6) is -0.519. The molecule has 1 atom stereocenters. The Kier molecular flexibility index (Phi) is 6.41. The Labute approximate surface area is 175 Å². The van der Waals surface area contributed by atoms with Gasteiger partial charge in [0.15, 0.2) is 5.78 Å². The number of rotatable bonds is 5. The molecule has 0 aliphatic carbocycles. The quantitative estimate of drug-likeness (QED) is 0.720. The molecule has 0 spiro atoms. The number of piperidine rings is 1. The van der Waals surface area contributed by atoms with Crippen molar-refractivity contribution in [1.82, 2.24) is 4.31 Å². The van der Waals surface area contributed by atoms with Crippen molar-refractivity contribution in [2.45, 2.75) is 44.0 Å². The molecule has 1 aliphatic rings. The Hall–Kier alpha value is -2.22. The molecule has 8 heteroatoms. The molecule has 0 radical (unpaired) electrons. The lowest BCUT2D eigenvalue weighted by Crippen LogP contribution is -2.49. The van der Waals surface area contributed by atoms with Crippen molar-refractivity contribution in [2.24, 2.45) is 0 Å². The van der Waals surface area contributed by atoms with Crippen molar-refractivity contribution in [2.75, 3.05) is 11.9 Å². The van der Waals surface area contributed by atoms with E-state index in [-0.39, 0.29) is 23.1 Å². The molecular weight excluding hydrogens is 412 g/mol. The molecule has 1 aliphatic heterocycles. The van der Waals surface area contributed by atoms with Gasteiger partial charge in [-0.1, -0.05) is 36.2 Å². The summed E-state index contributed by atoms with van der Waals surface area (Å²) in [6.07, 6.45) is 1.89. The van der Waals surface area contributed by atoms with E-state index in [0.717, 1.165) is 12.0 Å². The van der Waals surface area contributed by atoms with E-state index in [1.165, 1.54) is 35.5 Å². The highest BCUT2D eigenvalue weighted by atomic mass is 35.5. The maximum atomic E-state index is 13.2. The van der Waals surface area contributed by atoms with Gasteiger partial charge in [0.05, 0.1) is 4.90 Å². The van der Waals surface area contributed by atoms with Crippen LogP contribution in [0.1, 0.15) is 42.1 Å². The molecule has 1 saturated heterocycles. The molecule has 1 amide bonds. The standard InChI is InChI=1S/C21H23ClN2O4S/c1-14-6-9-17(13-19(14)22)23-21(26)20-5-3-4-12-24(20)29(27,28)18-10-7-16(8-11-18)15(2)25/h6-11,13,20H,3-5,12H2,1-2H3,(H,23,26). The summed E-state index contributed by atoms with van der Waals surface area (Å²) in [5, 5.41) is 3.31. The first kappa shape index (κ1) is 21.5. The van der Waals surface area contributed by atoms with E-state index in [9.17, 15) is 18.0 Å². The van der Waals surface area contributed by atoms with Crippen LogP contribution < -0.4 is 5.32 Å². The number of aryl methyl sites for hydroxylation is 1. The van der Waals surface area contributed by atoms with Crippen LogP contribution in [-0.2, 0) is 14.8 Å². The zero-order chi connectivity index (χ0) is 21.2. The van der Waals surface area contributed by atoms with Gasteiger partial charge >= 0.3 is 0 Å². The molecule has 0 aromatic heterocycles. The SMILES string of the molecule is CC(=O)c1ccc(S(=O)(=O)N2CCCCC2C(=O)Nc2ccc(C)c(Cl)c2)cc1. The summed E-state index contributed by atoms with van der Waals surface area (Å²) in [5.41, 5.74) is 1.85. The largest absolute Gasteiger partial charge is 0.325 e. The van der Waals surface area contributed by atoms with Crippen molar-refractivity contribution < 1.29 is 18.0 Å². The lowest BCUT2D eigenvalue weighted by molar-refractivity contribution is -0.120. The Morgan fingerprint density at radius 3 is 2.41 bits per heavy atom. The lowest BCUT2D eigenvalue weighted by Gasteiger charge is -2.33. The fourth-order valence-corrected chi connectivity index (χ4v) is 5.18. The highest BCUT2D eigenvalue weighted by molar-refractivity contribution is 7.89. The number of benzene rings is 2. The summed E-state index contributed by atoms with van der Waals surface area (Å²) >= 11 is 6.12. The number of hydrogen-bond acceptors (Lipinski definition) is 4.